The molecule has 1 N–H and O–H groups in total. The van der Waals surface area contributed by atoms with E-state index in [-0.39, 0.29) is 11.9 Å². The van der Waals surface area contributed by atoms with Crippen molar-refractivity contribution in [3.05, 3.63) is 71.8 Å². The van der Waals surface area contributed by atoms with Crippen LogP contribution in [0.3, 0.4) is 0 Å². The number of rotatable bonds is 6. The summed E-state index contributed by atoms with van der Waals surface area (Å²) in [5.41, 5.74) is 3.73. The zero-order valence-corrected chi connectivity index (χ0v) is 17.6. The zero-order chi connectivity index (χ0) is 21.3. The molecular formula is C23H25N5O2. The number of nitrogens with one attached hydrogen (secondary N) is 1. The van der Waals surface area contributed by atoms with Gasteiger partial charge in [-0.15, -0.1) is 0 Å². The molecule has 0 saturated carbocycles. The van der Waals surface area contributed by atoms with Crippen LogP contribution in [0.1, 0.15) is 27.9 Å². The van der Waals surface area contributed by atoms with Crippen LogP contribution in [-0.2, 0) is 7.05 Å². The quantitative estimate of drug-likeness (QED) is 0.533. The van der Waals surface area contributed by atoms with Crippen LogP contribution in [0.15, 0.2) is 59.2 Å². The Bertz CT molecular complexity index is 1160. The lowest BCUT2D eigenvalue weighted by atomic mass is 10.0. The number of likely N-dealkylation sites (N-methyl/N-ethyl adjacent to an activating group) is 1. The number of hydrogen-bond acceptors (Lipinski definition) is 5. The van der Waals surface area contributed by atoms with Gasteiger partial charge in [-0.05, 0) is 39.2 Å². The van der Waals surface area contributed by atoms with Gasteiger partial charge in [-0.2, -0.15) is 5.10 Å². The lowest BCUT2D eigenvalue weighted by Crippen LogP contribution is -2.34. The van der Waals surface area contributed by atoms with Gasteiger partial charge < -0.3 is 9.73 Å². The van der Waals surface area contributed by atoms with Gasteiger partial charge in [0.15, 0.2) is 5.65 Å². The molecule has 4 rings (SSSR count). The molecule has 0 fully saturated rings. The summed E-state index contributed by atoms with van der Waals surface area (Å²) in [6.07, 6.45) is 1.64. The maximum atomic E-state index is 13.3. The van der Waals surface area contributed by atoms with Crippen molar-refractivity contribution in [2.24, 2.45) is 7.05 Å². The Labute approximate surface area is 175 Å². The van der Waals surface area contributed by atoms with E-state index in [1.54, 1.807) is 10.9 Å². The van der Waals surface area contributed by atoms with Crippen LogP contribution in [0.2, 0.25) is 0 Å². The first kappa shape index (κ1) is 19.8. The van der Waals surface area contributed by atoms with Gasteiger partial charge in [0, 0.05) is 19.2 Å². The van der Waals surface area contributed by atoms with E-state index in [4.69, 9.17) is 9.40 Å². The average Bonchev–Trinajstić information content (AvgIpc) is 3.36. The van der Waals surface area contributed by atoms with E-state index < -0.39 is 0 Å². The summed E-state index contributed by atoms with van der Waals surface area (Å²) in [6, 6.07) is 15.4. The van der Waals surface area contributed by atoms with Crippen molar-refractivity contribution >= 4 is 16.9 Å². The van der Waals surface area contributed by atoms with Crippen molar-refractivity contribution in [3.63, 3.8) is 0 Å². The summed E-state index contributed by atoms with van der Waals surface area (Å²) in [7, 11) is 5.77. The number of fused-ring (bicyclic) bond motifs is 1. The summed E-state index contributed by atoms with van der Waals surface area (Å²) < 4.78 is 7.27. The van der Waals surface area contributed by atoms with E-state index in [1.165, 1.54) is 0 Å². The summed E-state index contributed by atoms with van der Waals surface area (Å²) in [6.45, 7) is 2.32. The van der Waals surface area contributed by atoms with E-state index in [9.17, 15) is 4.79 Å². The molecule has 7 nitrogen and oxygen atoms in total. The van der Waals surface area contributed by atoms with Crippen molar-refractivity contribution < 1.29 is 9.21 Å². The molecule has 1 unspecified atom stereocenters. The summed E-state index contributed by atoms with van der Waals surface area (Å²) in [5.74, 6) is 0.650. The molecule has 1 amide bonds. The molecule has 154 valence electrons. The average molecular weight is 403 g/mol. The van der Waals surface area contributed by atoms with E-state index in [0.29, 0.717) is 17.8 Å². The maximum Gasteiger partial charge on any atom is 0.252 e. The zero-order valence-electron chi connectivity index (χ0n) is 17.6. The minimum absolute atomic E-state index is 0.0649. The predicted molar refractivity (Wildman–Crippen MR) is 116 cm³/mol. The highest BCUT2D eigenvalue weighted by atomic mass is 16.3. The fourth-order valence-electron chi connectivity index (χ4n) is 3.68. The first-order valence-corrected chi connectivity index (χ1v) is 9.83. The topological polar surface area (TPSA) is 76.2 Å². The van der Waals surface area contributed by atoms with E-state index in [0.717, 1.165) is 28.1 Å². The highest BCUT2D eigenvalue weighted by Crippen LogP contribution is 2.27. The van der Waals surface area contributed by atoms with Crippen LogP contribution in [0, 0.1) is 6.92 Å². The highest BCUT2D eigenvalue weighted by Gasteiger charge is 2.22. The Morgan fingerprint density at radius 2 is 1.97 bits per heavy atom. The van der Waals surface area contributed by atoms with Crippen LogP contribution < -0.4 is 5.32 Å². The lowest BCUT2D eigenvalue weighted by molar-refractivity contribution is 0.0940. The number of furan rings is 1. The minimum atomic E-state index is -0.158. The van der Waals surface area contributed by atoms with Crippen LogP contribution in [0.25, 0.3) is 22.3 Å². The molecular weight excluding hydrogens is 378 g/mol. The number of aromatic nitrogens is 3. The molecule has 0 spiro atoms. The normalized spacial score (nSPS) is 12.4. The summed E-state index contributed by atoms with van der Waals surface area (Å²) in [5, 5.41) is 8.33. The second-order valence-electron chi connectivity index (χ2n) is 7.53. The third-order valence-corrected chi connectivity index (χ3v) is 5.23. The largest absolute Gasteiger partial charge is 0.468 e. The molecule has 0 radical (unpaired) electrons. The Balaban J connectivity index is 1.71. The highest BCUT2D eigenvalue weighted by molar-refractivity contribution is 6.07. The van der Waals surface area contributed by atoms with Crippen molar-refractivity contribution in [1.82, 2.24) is 25.0 Å². The van der Waals surface area contributed by atoms with Gasteiger partial charge in [0.05, 0.1) is 34.6 Å². The molecule has 3 aromatic heterocycles. The fourth-order valence-corrected chi connectivity index (χ4v) is 3.68. The molecule has 0 aliphatic carbocycles. The molecule has 0 aliphatic rings. The van der Waals surface area contributed by atoms with Crippen molar-refractivity contribution in [2.45, 2.75) is 13.0 Å². The summed E-state index contributed by atoms with van der Waals surface area (Å²) in [4.78, 5) is 20.1. The number of benzene rings is 1. The van der Waals surface area contributed by atoms with Gasteiger partial charge in [-0.3, -0.25) is 14.4 Å². The van der Waals surface area contributed by atoms with Gasteiger partial charge in [0.25, 0.3) is 5.91 Å². The van der Waals surface area contributed by atoms with Crippen LogP contribution in [0.5, 0.6) is 0 Å². The van der Waals surface area contributed by atoms with Gasteiger partial charge in [0.2, 0.25) is 0 Å². The molecule has 3 heterocycles. The Hall–Kier alpha value is -3.45. The van der Waals surface area contributed by atoms with Gasteiger partial charge in [-0.1, -0.05) is 30.3 Å². The molecule has 30 heavy (non-hydrogen) atoms. The number of hydrogen-bond donors (Lipinski definition) is 1. The predicted octanol–water partition coefficient (Wildman–Crippen LogP) is 3.57. The van der Waals surface area contributed by atoms with Gasteiger partial charge in [0.1, 0.15) is 5.76 Å². The molecule has 0 aliphatic heterocycles. The van der Waals surface area contributed by atoms with Crippen LogP contribution in [0.4, 0.5) is 0 Å². The monoisotopic (exact) mass is 403 g/mol. The molecule has 0 bridgehead atoms. The van der Waals surface area contributed by atoms with Crippen LogP contribution in [-0.4, -0.2) is 46.2 Å². The van der Waals surface area contributed by atoms with E-state index >= 15 is 0 Å². The first-order chi connectivity index (χ1) is 14.5. The smallest absolute Gasteiger partial charge is 0.252 e. The Morgan fingerprint density at radius 1 is 1.20 bits per heavy atom. The van der Waals surface area contributed by atoms with Crippen molar-refractivity contribution in [2.75, 3.05) is 20.6 Å². The molecule has 1 atom stereocenters. The standard InChI is InChI=1S/C23H25N5O2/c1-15-21-17(23(29)24-14-19(27(2)3)20-11-8-12-30-20)13-18(16-9-6-5-7-10-16)25-22(21)28(4)26-15/h5-13,19H,14H2,1-4H3,(H,24,29). The van der Waals surface area contributed by atoms with Crippen molar-refractivity contribution in [3.8, 4) is 11.3 Å². The Kier molecular flexibility index (Phi) is 5.37. The number of nitrogens with zero attached hydrogens (tertiary/aromatic N) is 4. The second kappa shape index (κ2) is 8.12. The maximum absolute atomic E-state index is 13.3. The molecule has 1 aromatic carbocycles. The lowest BCUT2D eigenvalue weighted by Gasteiger charge is -2.22. The van der Waals surface area contributed by atoms with Crippen molar-refractivity contribution in [1.29, 1.82) is 0 Å². The Morgan fingerprint density at radius 3 is 2.63 bits per heavy atom. The van der Waals surface area contributed by atoms with E-state index in [2.05, 4.69) is 10.4 Å². The number of aryl methyl sites for hydroxylation is 2. The third kappa shape index (κ3) is 3.71. The molecule has 4 aromatic rings. The number of pyridine rings is 1. The number of carbonyl (C=O) groups is 1. The van der Waals surface area contributed by atoms with Gasteiger partial charge >= 0.3 is 0 Å². The summed E-state index contributed by atoms with van der Waals surface area (Å²) >= 11 is 0. The molecule has 0 saturated heterocycles. The number of carbonyl (C=O) groups excluding carboxylic acids is 1. The second-order valence-corrected chi connectivity index (χ2v) is 7.53. The minimum Gasteiger partial charge on any atom is -0.468 e. The van der Waals surface area contributed by atoms with E-state index in [1.807, 2.05) is 81.5 Å². The third-order valence-electron chi connectivity index (χ3n) is 5.23. The van der Waals surface area contributed by atoms with Crippen LogP contribution >= 0.6 is 0 Å². The number of amides is 1. The first-order valence-electron chi connectivity index (χ1n) is 9.83. The SMILES string of the molecule is Cc1nn(C)c2nc(-c3ccccc3)cc(C(=O)NCC(c3ccco3)N(C)C)c12. The van der Waals surface area contributed by atoms with Gasteiger partial charge in [-0.25, -0.2) is 4.98 Å². The molecule has 7 heteroatoms. The fraction of sp³-hybridized carbons (Fsp3) is 0.261.